The van der Waals surface area contributed by atoms with E-state index >= 15 is 0 Å². The van der Waals surface area contributed by atoms with Crippen LogP contribution in [0.25, 0.3) is 0 Å². The van der Waals surface area contributed by atoms with Gasteiger partial charge in [0, 0.05) is 19.3 Å². The molecule has 2 aromatic rings. The summed E-state index contributed by atoms with van der Waals surface area (Å²) < 4.78 is 1.73. The van der Waals surface area contributed by atoms with Gasteiger partial charge in [-0.3, -0.25) is 4.68 Å². The predicted molar refractivity (Wildman–Crippen MR) is 64.8 cm³/mol. The van der Waals surface area contributed by atoms with E-state index in [-0.39, 0.29) is 5.95 Å². The van der Waals surface area contributed by atoms with Crippen LogP contribution in [0.15, 0.2) is 18.3 Å². The largest absolute Gasteiger partial charge is 0.368 e. The Balaban J connectivity index is 2.05. The first-order chi connectivity index (χ1) is 8.17. The molecule has 17 heavy (non-hydrogen) atoms. The summed E-state index contributed by atoms with van der Waals surface area (Å²) in [6, 6.07) is 3.58. The lowest BCUT2D eigenvalue weighted by Crippen LogP contribution is -2.12. The molecular formula is C9H14N8. The highest BCUT2D eigenvalue weighted by atomic mass is 15.3. The van der Waals surface area contributed by atoms with Crippen LogP contribution >= 0.6 is 0 Å². The second-order valence-corrected chi connectivity index (χ2v) is 3.48. The fourth-order valence-corrected chi connectivity index (χ4v) is 1.37. The predicted octanol–water partition coefficient (Wildman–Crippen LogP) is -0.310. The SMILES string of the molecule is Cn1ccc(CNc2cc(NN)nc(N)n2)n1. The first-order valence-corrected chi connectivity index (χ1v) is 5.01. The number of hydrogen-bond donors (Lipinski definition) is 4. The Morgan fingerprint density at radius 2 is 2.12 bits per heavy atom. The van der Waals surface area contributed by atoms with Gasteiger partial charge in [-0.15, -0.1) is 0 Å². The van der Waals surface area contributed by atoms with Crippen LogP contribution in [0.5, 0.6) is 0 Å². The fraction of sp³-hybridized carbons (Fsp3) is 0.222. The Morgan fingerprint density at radius 1 is 1.35 bits per heavy atom. The zero-order valence-corrected chi connectivity index (χ0v) is 9.38. The Kier molecular flexibility index (Phi) is 3.06. The number of hydrogen-bond acceptors (Lipinski definition) is 7. The maximum absolute atomic E-state index is 5.53. The van der Waals surface area contributed by atoms with Gasteiger partial charge in [0.25, 0.3) is 0 Å². The van der Waals surface area contributed by atoms with E-state index in [0.717, 1.165) is 5.69 Å². The molecule has 0 radical (unpaired) electrons. The van der Waals surface area contributed by atoms with E-state index in [9.17, 15) is 0 Å². The molecule has 0 amide bonds. The molecule has 0 atom stereocenters. The van der Waals surface area contributed by atoms with Gasteiger partial charge < -0.3 is 16.5 Å². The van der Waals surface area contributed by atoms with E-state index in [1.807, 2.05) is 19.3 Å². The molecule has 0 saturated heterocycles. The summed E-state index contributed by atoms with van der Waals surface area (Å²) in [5.74, 6) is 6.47. The summed E-state index contributed by atoms with van der Waals surface area (Å²) >= 11 is 0. The van der Waals surface area contributed by atoms with Crippen LogP contribution in [0.3, 0.4) is 0 Å². The van der Waals surface area contributed by atoms with Crippen molar-refractivity contribution in [2.45, 2.75) is 6.54 Å². The van der Waals surface area contributed by atoms with Crippen LogP contribution in [0.4, 0.5) is 17.6 Å². The molecule has 90 valence electrons. The number of anilines is 3. The number of nitrogen functional groups attached to an aromatic ring is 2. The molecule has 2 rings (SSSR count). The topological polar surface area (TPSA) is 120 Å². The molecule has 0 bridgehead atoms. The van der Waals surface area contributed by atoms with Crippen LogP contribution in [0, 0.1) is 0 Å². The lowest BCUT2D eigenvalue weighted by atomic mass is 10.4. The van der Waals surface area contributed by atoms with Gasteiger partial charge in [0.1, 0.15) is 11.6 Å². The average molecular weight is 234 g/mol. The molecule has 0 aliphatic carbocycles. The summed E-state index contributed by atoms with van der Waals surface area (Å²) in [7, 11) is 1.86. The average Bonchev–Trinajstić information content (AvgIpc) is 2.72. The van der Waals surface area contributed by atoms with Crippen molar-refractivity contribution in [1.82, 2.24) is 19.7 Å². The van der Waals surface area contributed by atoms with Gasteiger partial charge >= 0.3 is 0 Å². The van der Waals surface area contributed by atoms with Crippen LogP contribution in [-0.2, 0) is 13.6 Å². The minimum atomic E-state index is 0.156. The summed E-state index contributed by atoms with van der Waals surface area (Å²) in [6.07, 6.45) is 1.87. The Hall–Kier alpha value is -2.35. The van der Waals surface area contributed by atoms with Crippen LogP contribution < -0.4 is 22.3 Å². The number of nitrogens with one attached hydrogen (secondary N) is 2. The van der Waals surface area contributed by atoms with Gasteiger partial charge in [-0.2, -0.15) is 15.1 Å². The Labute approximate surface area is 98.0 Å². The third-order valence-corrected chi connectivity index (χ3v) is 2.11. The molecule has 0 aliphatic rings. The third-order valence-electron chi connectivity index (χ3n) is 2.11. The summed E-state index contributed by atoms with van der Waals surface area (Å²) in [6.45, 7) is 0.557. The summed E-state index contributed by atoms with van der Waals surface area (Å²) in [5.41, 5.74) is 8.86. The highest BCUT2D eigenvalue weighted by molar-refractivity contribution is 5.50. The quantitative estimate of drug-likeness (QED) is 0.423. The maximum Gasteiger partial charge on any atom is 0.223 e. The lowest BCUT2D eigenvalue weighted by molar-refractivity contribution is 0.747. The van der Waals surface area contributed by atoms with E-state index in [4.69, 9.17) is 11.6 Å². The second-order valence-electron chi connectivity index (χ2n) is 3.48. The first-order valence-electron chi connectivity index (χ1n) is 5.01. The maximum atomic E-state index is 5.53. The Morgan fingerprint density at radius 3 is 2.76 bits per heavy atom. The number of nitrogens with two attached hydrogens (primary N) is 2. The molecular weight excluding hydrogens is 220 g/mol. The number of aromatic nitrogens is 4. The number of rotatable bonds is 4. The van der Waals surface area contributed by atoms with E-state index in [1.165, 1.54) is 0 Å². The highest BCUT2D eigenvalue weighted by Gasteiger charge is 2.02. The molecule has 8 heteroatoms. The van der Waals surface area contributed by atoms with E-state index in [0.29, 0.717) is 18.2 Å². The fourth-order valence-electron chi connectivity index (χ4n) is 1.37. The van der Waals surface area contributed by atoms with Gasteiger partial charge in [0.05, 0.1) is 12.2 Å². The van der Waals surface area contributed by atoms with Crippen molar-refractivity contribution in [2.24, 2.45) is 12.9 Å². The lowest BCUT2D eigenvalue weighted by Gasteiger charge is -2.06. The molecule has 0 saturated carbocycles. The van der Waals surface area contributed by atoms with Gasteiger partial charge in [0.2, 0.25) is 5.95 Å². The van der Waals surface area contributed by atoms with Crippen molar-refractivity contribution >= 4 is 17.6 Å². The second kappa shape index (κ2) is 4.66. The summed E-state index contributed by atoms with van der Waals surface area (Å²) in [5, 5.41) is 7.32. The molecule has 0 unspecified atom stereocenters. The molecule has 0 aromatic carbocycles. The van der Waals surface area contributed by atoms with Crippen LogP contribution in [0.2, 0.25) is 0 Å². The molecule has 0 aliphatic heterocycles. The summed E-state index contributed by atoms with van der Waals surface area (Å²) in [4.78, 5) is 7.91. The van der Waals surface area contributed by atoms with Gasteiger partial charge in [-0.05, 0) is 6.07 Å². The molecule has 0 spiro atoms. The van der Waals surface area contributed by atoms with Crippen molar-refractivity contribution in [3.8, 4) is 0 Å². The zero-order chi connectivity index (χ0) is 12.3. The molecule has 2 aromatic heterocycles. The minimum absolute atomic E-state index is 0.156. The van der Waals surface area contributed by atoms with Crippen molar-refractivity contribution in [3.63, 3.8) is 0 Å². The minimum Gasteiger partial charge on any atom is -0.368 e. The molecule has 2 heterocycles. The van der Waals surface area contributed by atoms with Gasteiger partial charge in [-0.1, -0.05) is 0 Å². The van der Waals surface area contributed by atoms with E-state index in [2.05, 4.69) is 25.8 Å². The monoisotopic (exact) mass is 234 g/mol. The standard InChI is InChI=1S/C9H14N8/c1-17-3-2-6(16-17)5-12-7-4-8(15-11)14-9(10)13-7/h2-4H,5,11H2,1H3,(H4,10,12,13,14,15). The van der Waals surface area contributed by atoms with Crippen LogP contribution in [-0.4, -0.2) is 19.7 Å². The van der Waals surface area contributed by atoms with E-state index in [1.54, 1.807) is 10.7 Å². The van der Waals surface area contributed by atoms with Gasteiger partial charge in [0.15, 0.2) is 0 Å². The van der Waals surface area contributed by atoms with Crippen molar-refractivity contribution < 1.29 is 0 Å². The van der Waals surface area contributed by atoms with Crippen LogP contribution in [0.1, 0.15) is 5.69 Å². The smallest absolute Gasteiger partial charge is 0.223 e. The van der Waals surface area contributed by atoms with E-state index < -0.39 is 0 Å². The molecule has 0 fully saturated rings. The third kappa shape index (κ3) is 2.82. The zero-order valence-electron chi connectivity index (χ0n) is 9.38. The first kappa shape index (κ1) is 11.1. The van der Waals surface area contributed by atoms with Crippen molar-refractivity contribution in [3.05, 3.63) is 24.0 Å². The highest BCUT2D eigenvalue weighted by Crippen LogP contribution is 2.12. The van der Waals surface area contributed by atoms with Crippen molar-refractivity contribution in [1.29, 1.82) is 0 Å². The number of nitrogens with zero attached hydrogens (tertiary/aromatic N) is 4. The normalized spacial score (nSPS) is 10.2. The van der Waals surface area contributed by atoms with Crippen molar-refractivity contribution in [2.75, 3.05) is 16.5 Å². The van der Waals surface area contributed by atoms with Gasteiger partial charge in [-0.25, -0.2) is 5.84 Å². The molecule has 6 N–H and O–H groups in total. The number of hydrazine groups is 1. The number of aryl methyl sites for hydroxylation is 1. The Bertz CT molecular complexity index is 505. The molecule has 8 nitrogen and oxygen atoms in total.